The minimum atomic E-state index is -0.903. The number of piperidine rings is 1. The molecule has 1 heterocycles. The van der Waals surface area contributed by atoms with Gasteiger partial charge >= 0.3 is 12.1 Å². The van der Waals surface area contributed by atoms with Gasteiger partial charge in [0, 0.05) is 18.7 Å². The fraction of sp³-hybridized carbons (Fsp3) is 0.600. The third-order valence-corrected chi connectivity index (χ3v) is 2.53. The second-order valence-electron chi connectivity index (χ2n) is 3.60. The van der Waals surface area contributed by atoms with Gasteiger partial charge in [0.1, 0.15) is 0 Å². The maximum absolute atomic E-state index is 11.0. The fourth-order valence-corrected chi connectivity index (χ4v) is 1.72. The van der Waals surface area contributed by atoms with E-state index in [0.29, 0.717) is 19.4 Å². The molecule has 15 heavy (non-hydrogen) atoms. The first kappa shape index (κ1) is 11.6. The fourth-order valence-electron chi connectivity index (χ4n) is 1.72. The predicted molar refractivity (Wildman–Crippen MR) is 53.5 cm³/mol. The molecule has 84 valence electrons. The number of nitrogens with zero attached hydrogens (tertiary/aromatic N) is 1. The van der Waals surface area contributed by atoms with E-state index in [1.165, 1.54) is 18.1 Å². The Hall–Kier alpha value is -1.52. The quantitative estimate of drug-likeness (QED) is 0.525. The first-order valence-corrected chi connectivity index (χ1v) is 4.81. The van der Waals surface area contributed by atoms with E-state index in [1.54, 1.807) is 0 Å². The normalized spacial score (nSPS) is 24.0. The smallest absolute Gasteiger partial charge is 0.407 e. The van der Waals surface area contributed by atoms with Crippen molar-refractivity contribution < 1.29 is 19.4 Å². The highest BCUT2D eigenvalue weighted by molar-refractivity contribution is 5.82. The number of carbonyl (C=O) groups is 2. The second-order valence-corrected chi connectivity index (χ2v) is 3.60. The first-order chi connectivity index (χ1) is 7.04. The van der Waals surface area contributed by atoms with Crippen molar-refractivity contribution in [2.75, 3.05) is 13.7 Å². The zero-order valence-corrected chi connectivity index (χ0v) is 8.90. The molecule has 0 aromatic carbocycles. The molecule has 1 rings (SSSR count). The number of hydrogen-bond acceptors (Lipinski definition) is 3. The van der Waals surface area contributed by atoms with Crippen LogP contribution in [0.15, 0.2) is 11.6 Å². The van der Waals surface area contributed by atoms with E-state index in [0.717, 1.165) is 5.57 Å². The van der Waals surface area contributed by atoms with Crippen LogP contribution in [0.25, 0.3) is 0 Å². The molecule has 1 atom stereocenters. The summed E-state index contributed by atoms with van der Waals surface area (Å²) in [4.78, 5) is 23.1. The molecule has 1 aliphatic heterocycles. The summed E-state index contributed by atoms with van der Waals surface area (Å²) in [7, 11) is 1.33. The van der Waals surface area contributed by atoms with Gasteiger partial charge in [0.15, 0.2) is 0 Å². The SMILES string of the molecule is COC(=O)C=C1CCN(C(=O)O)[C@@H](C)C1. The van der Waals surface area contributed by atoms with Crippen LogP contribution >= 0.6 is 0 Å². The van der Waals surface area contributed by atoms with Gasteiger partial charge in [0.05, 0.1) is 7.11 Å². The van der Waals surface area contributed by atoms with Gasteiger partial charge in [-0.1, -0.05) is 5.57 Å². The number of hydrogen-bond donors (Lipinski definition) is 1. The van der Waals surface area contributed by atoms with E-state index in [9.17, 15) is 9.59 Å². The Morgan fingerprint density at radius 2 is 2.27 bits per heavy atom. The number of amides is 1. The molecule has 5 nitrogen and oxygen atoms in total. The van der Waals surface area contributed by atoms with E-state index in [-0.39, 0.29) is 12.0 Å². The summed E-state index contributed by atoms with van der Waals surface area (Å²) in [5.41, 5.74) is 0.951. The van der Waals surface area contributed by atoms with Crippen molar-refractivity contribution in [3.8, 4) is 0 Å². The molecule has 1 saturated heterocycles. The molecule has 0 aromatic heterocycles. The third-order valence-electron chi connectivity index (χ3n) is 2.53. The average Bonchev–Trinajstić information content (AvgIpc) is 2.17. The van der Waals surface area contributed by atoms with Gasteiger partial charge in [-0.05, 0) is 19.8 Å². The van der Waals surface area contributed by atoms with Crippen LogP contribution in [-0.2, 0) is 9.53 Å². The Kier molecular flexibility index (Phi) is 3.71. The minimum Gasteiger partial charge on any atom is -0.466 e. The van der Waals surface area contributed by atoms with Crippen LogP contribution in [0, 0.1) is 0 Å². The van der Waals surface area contributed by atoms with E-state index in [2.05, 4.69) is 4.74 Å². The van der Waals surface area contributed by atoms with Gasteiger partial charge in [-0.25, -0.2) is 9.59 Å². The molecule has 1 amide bonds. The molecular weight excluding hydrogens is 198 g/mol. The van der Waals surface area contributed by atoms with Crippen molar-refractivity contribution in [1.82, 2.24) is 4.90 Å². The monoisotopic (exact) mass is 213 g/mol. The number of likely N-dealkylation sites (tertiary alicyclic amines) is 1. The van der Waals surface area contributed by atoms with Crippen LogP contribution in [-0.4, -0.2) is 41.8 Å². The molecule has 0 bridgehead atoms. The maximum atomic E-state index is 11.0. The van der Waals surface area contributed by atoms with Gasteiger partial charge in [-0.3, -0.25) is 0 Å². The van der Waals surface area contributed by atoms with Crippen LogP contribution in [0.5, 0.6) is 0 Å². The topological polar surface area (TPSA) is 66.8 Å². The zero-order chi connectivity index (χ0) is 11.4. The molecule has 0 aliphatic carbocycles. The lowest BCUT2D eigenvalue weighted by molar-refractivity contribution is -0.134. The van der Waals surface area contributed by atoms with Gasteiger partial charge in [-0.2, -0.15) is 0 Å². The molecule has 0 spiro atoms. The van der Waals surface area contributed by atoms with Gasteiger partial charge in [0.2, 0.25) is 0 Å². The lowest BCUT2D eigenvalue weighted by Gasteiger charge is -2.32. The first-order valence-electron chi connectivity index (χ1n) is 4.81. The summed E-state index contributed by atoms with van der Waals surface area (Å²) >= 11 is 0. The molecule has 5 heteroatoms. The van der Waals surface area contributed by atoms with Gasteiger partial charge in [0.25, 0.3) is 0 Å². The highest BCUT2D eigenvalue weighted by atomic mass is 16.5. The van der Waals surface area contributed by atoms with Crippen LogP contribution in [0.1, 0.15) is 19.8 Å². The summed E-state index contributed by atoms with van der Waals surface area (Å²) in [6, 6.07) is -0.0767. The number of ether oxygens (including phenoxy) is 1. The van der Waals surface area contributed by atoms with Gasteiger partial charge < -0.3 is 14.7 Å². The van der Waals surface area contributed by atoms with E-state index in [1.807, 2.05) is 6.92 Å². The number of esters is 1. The van der Waals surface area contributed by atoms with Crippen LogP contribution in [0.4, 0.5) is 4.79 Å². The van der Waals surface area contributed by atoms with Crippen molar-refractivity contribution >= 4 is 12.1 Å². The van der Waals surface area contributed by atoms with Crippen molar-refractivity contribution in [3.63, 3.8) is 0 Å². The Morgan fingerprint density at radius 1 is 1.60 bits per heavy atom. The standard InChI is InChI=1S/C10H15NO4/c1-7-5-8(6-9(12)15-2)3-4-11(7)10(13)14/h6-7H,3-5H2,1-2H3,(H,13,14)/t7-/m0/s1. The highest BCUT2D eigenvalue weighted by Gasteiger charge is 2.25. The van der Waals surface area contributed by atoms with Crippen LogP contribution < -0.4 is 0 Å². The lowest BCUT2D eigenvalue weighted by Crippen LogP contribution is -2.41. The summed E-state index contributed by atoms with van der Waals surface area (Å²) in [5.74, 6) is -0.374. The van der Waals surface area contributed by atoms with E-state index >= 15 is 0 Å². The van der Waals surface area contributed by atoms with Crippen LogP contribution in [0.2, 0.25) is 0 Å². The number of methoxy groups -OCH3 is 1. The maximum Gasteiger partial charge on any atom is 0.407 e. The van der Waals surface area contributed by atoms with E-state index in [4.69, 9.17) is 5.11 Å². The molecule has 0 radical (unpaired) electrons. The largest absolute Gasteiger partial charge is 0.466 e. The lowest BCUT2D eigenvalue weighted by atomic mass is 9.98. The molecule has 1 N–H and O–H groups in total. The molecule has 0 saturated carbocycles. The molecule has 1 aliphatic rings. The Labute approximate surface area is 88.3 Å². The summed E-state index contributed by atoms with van der Waals surface area (Å²) in [5, 5.41) is 8.84. The Balaban J connectivity index is 2.61. The summed E-state index contributed by atoms with van der Waals surface area (Å²) in [6.07, 6.45) is 1.75. The number of carboxylic acid groups (broad SMARTS) is 1. The van der Waals surface area contributed by atoms with Crippen molar-refractivity contribution in [2.45, 2.75) is 25.8 Å². The average molecular weight is 213 g/mol. The molecule has 0 aromatic rings. The molecular formula is C10H15NO4. The molecule has 1 fully saturated rings. The summed E-state index contributed by atoms with van der Waals surface area (Å²) in [6.45, 7) is 2.28. The predicted octanol–water partition coefficient (Wildman–Crippen LogP) is 1.25. The Bertz CT molecular complexity index is 298. The van der Waals surface area contributed by atoms with Crippen molar-refractivity contribution in [2.24, 2.45) is 0 Å². The number of rotatable bonds is 1. The van der Waals surface area contributed by atoms with Crippen molar-refractivity contribution in [3.05, 3.63) is 11.6 Å². The number of carbonyl (C=O) groups excluding carboxylic acids is 1. The van der Waals surface area contributed by atoms with E-state index < -0.39 is 6.09 Å². The third kappa shape index (κ3) is 2.97. The highest BCUT2D eigenvalue weighted by Crippen LogP contribution is 2.21. The zero-order valence-electron chi connectivity index (χ0n) is 8.90. The second kappa shape index (κ2) is 4.82. The molecule has 0 unspecified atom stereocenters. The van der Waals surface area contributed by atoms with Crippen LogP contribution in [0.3, 0.4) is 0 Å². The Morgan fingerprint density at radius 3 is 2.73 bits per heavy atom. The minimum absolute atomic E-state index is 0.0767. The summed E-state index contributed by atoms with van der Waals surface area (Å²) < 4.78 is 4.52. The van der Waals surface area contributed by atoms with Gasteiger partial charge in [-0.15, -0.1) is 0 Å². The van der Waals surface area contributed by atoms with Crippen molar-refractivity contribution in [1.29, 1.82) is 0 Å².